The zero-order chi connectivity index (χ0) is 24.2. The van der Waals surface area contributed by atoms with E-state index in [4.69, 9.17) is 11.6 Å². The summed E-state index contributed by atoms with van der Waals surface area (Å²) in [4.78, 5) is 22.2. The molecule has 0 aliphatic carbocycles. The first kappa shape index (κ1) is 24.3. The summed E-state index contributed by atoms with van der Waals surface area (Å²) in [5, 5.41) is 14.6. The zero-order valence-corrected chi connectivity index (χ0v) is 20.0. The fourth-order valence-electron chi connectivity index (χ4n) is 4.39. The molecule has 8 heteroatoms. The smallest absolute Gasteiger partial charge is 0.253 e. The molecule has 0 spiro atoms. The number of aliphatic hydroxyl groups excluding tert-OH is 1. The van der Waals surface area contributed by atoms with Crippen LogP contribution in [0.4, 0.5) is 4.39 Å². The molecule has 1 aromatic carbocycles. The van der Waals surface area contributed by atoms with Gasteiger partial charge in [-0.3, -0.25) is 4.79 Å². The van der Waals surface area contributed by atoms with Gasteiger partial charge in [-0.15, -0.1) is 0 Å². The number of pyridine rings is 2. The lowest BCUT2D eigenvalue weighted by Crippen LogP contribution is -2.35. The van der Waals surface area contributed by atoms with Gasteiger partial charge in [-0.25, -0.2) is 9.97 Å². The van der Waals surface area contributed by atoms with E-state index in [0.29, 0.717) is 22.8 Å². The number of nitrogens with zero attached hydrogens (tertiary/aromatic N) is 3. The monoisotopic (exact) mass is 482 g/mol. The second-order valence-corrected chi connectivity index (χ2v) is 9.31. The van der Waals surface area contributed by atoms with Crippen molar-refractivity contribution >= 4 is 17.5 Å². The second-order valence-electron chi connectivity index (χ2n) is 8.92. The molecule has 4 rings (SSSR count). The van der Waals surface area contributed by atoms with Gasteiger partial charge in [-0.05, 0) is 61.6 Å². The van der Waals surface area contributed by atoms with Crippen LogP contribution in [0.2, 0.25) is 5.15 Å². The number of aromatic nitrogens is 2. The van der Waals surface area contributed by atoms with Gasteiger partial charge >= 0.3 is 0 Å². The van der Waals surface area contributed by atoms with Crippen LogP contribution in [0, 0.1) is 12.9 Å². The van der Waals surface area contributed by atoms with Gasteiger partial charge in [0.15, 0.2) is 0 Å². The minimum absolute atomic E-state index is 0.0351. The first-order chi connectivity index (χ1) is 16.3. The van der Waals surface area contributed by atoms with E-state index in [1.165, 1.54) is 6.20 Å². The van der Waals surface area contributed by atoms with Gasteiger partial charge in [0, 0.05) is 54.8 Å². The Kier molecular flexibility index (Phi) is 7.56. The second kappa shape index (κ2) is 10.6. The number of aliphatic hydroxyl groups is 1. The number of hydrogen-bond donors (Lipinski definition) is 2. The topological polar surface area (TPSA) is 78.4 Å². The predicted octanol–water partition coefficient (Wildman–Crippen LogP) is 4.25. The molecular formula is C26H28ClFN4O2. The van der Waals surface area contributed by atoms with Crippen molar-refractivity contribution in [2.45, 2.75) is 50.9 Å². The van der Waals surface area contributed by atoms with E-state index in [0.717, 1.165) is 36.0 Å². The van der Waals surface area contributed by atoms with Crippen LogP contribution in [0.3, 0.4) is 0 Å². The van der Waals surface area contributed by atoms with Crippen molar-refractivity contribution in [1.29, 1.82) is 0 Å². The summed E-state index contributed by atoms with van der Waals surface area (Å²) < 4.78 is 13.4. The number of amides is 1. The SMILES string of the molecule is Cc1cc(CN(C)C(=O)c2ccc(CC3CCC(C(O)c4ccc(Cl)nc4)N3)cc2)cnc1F. The molecule has 178 valence electrons. The molecule has 3 unspecified atom stereocenters. The summed E-state index contributed by atoms with van der Waals surface area (Å²) in [6.45, 7) is 2.01. The molecule has 34 heavy (non-hydrogen) atoms. The third kappa shape index (κ3) is 5.78. The molecule has 0 bridgehead atoms. The van der Waals surface area contributed by atoms with Gasteiger partial charge in [-0.2, -0.15) is 4.39 Å². The van der Waals surface area contributed by atoms with Crippen LogP contribution in [0.15, 0.2) is 54.9 Å². The number of carbonyl (C=O) groups excluding carboxylic acids is 1. The van der Waals surface area contributed by atoms with E-state index in [1.807, 2.05) is 24.3 Å². The standard InChI is InChI=1S/C26H28ClFN4O2/c1-16-11-18(13-30-25(16)28)15-32(2)26(34)19-5-3-17(4-6-19)12-21-8-9-22(31-21)24(33)20-7-10-23(27)29-14-20/h3-7,10-11,13-14,21-22,24,31,33H,8-9,12,15H2,1-2H3. The van der Waals surface area contributed by atoms with Crippen LogP contribution in [-0.2, 0) is 13.0 Å². The maximum absolute atomic E-state index is 13.4. The van der Waals surface area contributed by atoms with Gasteiger partial charge in [0.2, 0.25) is 5.95 Å². The Morgan fingerprint density at radius 1 is 1.18 bits per heavy atom. The van der Waals surface area contributed by atoms with Crippen molar-refractivity contribution in [2.24, 2.45) is 0 Å². The number of rotatable bonds is 7. The largest absolute Gasteiger partial charge is 0.387 e. The molecule has 1 aliphatic heterocycles. The number of halogens is 2. The van der Waals surface area contributed by atoms with E-state index in [1.54, 1.807) is 43.3 Å². The number of carbonyl (C=O) groups is 1. The Balaban J connectivity index is 1.31. The lowest BCUT2D eigenvalue weighted by molar-refractivity contribution is 0.0785. The summed E-state index contributed by atoms with van der Waals surface area (Å²) in [6, 6.07) is 13.0. The Labute approximate surface area is 203 Å². The Bertz CT molecular complexity index is 1140. The molecular weight excluding hydrogens is 455 g/mol. The van der Waals surface area contributed by atoms with Crippen LogP contribution in [0.25, 0.3) is 0 Å². The summed E-state index contributed by atoms with van der Waals surface area (Å²) in [5.41, 5.74) is 3.72. The highest BCUT2D eigenvalue weighted by Gasteiger charge is 2.30. The lowest BCUT2D eigenvalue weighted by Gasteiger charge is -2.20. The van der Waals surface area contributed by atoms with E-state index in [-0.39, 0.29) is 18.0 Å². The Morgan fingerprint density at radius 3 is 2.62 bits per heavy atom. The summed E-state index contributed by atoms with van der Waals surface area (Å²) in [7, 11) is 1.72. The molecule has 6 nitrogen and oxygen atoms in total. The third-order valence-electron chi connectivity index (χ3n) is 6.27. The average Bonchev–Trinajstić information content (AvgIpc) is 3.30. The number of benzene rings is 1. The van der Waals surface area contributed by atoms with E-state index >= 15 is 0 Å². The van der Waals surface area contributed by atoms with Crippen LogP contribution in [0.5, 0.6) is 0 Å². The number of hydrogen-bond acceptors (Lipinski definition) is 5. The van der Waals surface area contributed by atoms with Crippen LogP contribution in [-0.4, -0.2) is 45.0 Å². The molecule has 1 saturated heterocycles. The molecule has 1 amide bonds. The van der Waals surface area contributed by atoms with Crippen molar-refractivity contribution in [3.05, 3.63) is 93.8 Å². The van der Waals surface area contributed by atoms with Crippen LogP contribution >= 0.6 is 11.6 Å². The van der Waals surface area contributed by atoms with Crippen molar-refractivity contribution < 1.29 is 14.3 Å². The third-order valence-corrected chi connectivity index (χ3v) is 6.49. The molecule has 3 atom stereocenters. The van der Waals surface area contributed by atoms with Gasteiger partial charge < -0.3 is 15.3 Å². The first-order valence-electron chi connectivity index (χ1n) is 11.3. The molecule has 3 heterocycles. The lowest BCUT2D eigenvalue weighted by atomic mass is 10.0. The van der Waals surface area contributed by atoms with Gasteiger partial charge in [0.1, 0.15) is 5.15 Å². The van der Waals surface area contributed by atoms with Gasteiger partial charge in [-0.1, -0.05) is 29.8 Å². The Hall–Kier alpha value is -2.87. The number of aryl methyl sites for hydroxylation is 1. The highest BCUT2D eigenvalue weighted by molar-refractivity contribution is 6.29. The number of nitrogens with one attached hydrogen (secondary N) is 1. The van der Waals surface area contributed by atoms with Gasteiger partial charge in [0.05, 0.1) is 6.10 Å². The van der Waals surface area contributed by atoms with E-state index in [2.05, 4.69) is 15.3 Å². The molecule has 1 fully saturated rings. The van der Waals surface area contributed by atoms with Crippen molar-refractivity contribution in [2.75, 3.05) is 7.05 Å². The first-order valence-corrected chi connectivity index (χ1v) is 11.7. The fourth-order valence-corrected chi connectivity index (χ4v) is 4.50. The minimum atomic E-state index is -0.634. The zero-order valence-electron chi connectivity index (χ0n) is 19.2. The molecule has 0 saturated carbocycles. The summed E-state index contributed by atoms with van der Waals surface area (Å²) in [5.74, 6) is -0.597. The molecule has 2 aromatic heterocycles. The van der Waals surface area contributed by atoms with E-state index < -0.39 is 12.1 Å². The molecule has 3 aromatic rings. The molecule has 1 aliphatic rings. The maximum Gasteiger partial charge on any atom is 0.253 e. The molecule has 2 N–H and O–H groups in total. The quantitative estimate of drug-likeness (QED) is 0.492. The van der Waals surface area contributed by atoms with Crippen molar-refractivity contribution in [1.82, 2.24) is 20.2 Å². The van der Waals surface area contributed by atoms with E-state index in [9.17, 15) is 14.3 Å². The van der Waals surface area contributed by atoms with Gasteiger partial charge in [0.25, 0.3) is 5.91 Å². The van der Waals surface area contributed by atoms with Crippen LogP contribution in [0.1, 0.15) is 51.6 Å². The normalized spacial score (nSPS) is 18.6. The van der Waals surface area contributed by atoms with Crippen molar-refractivity contribution in [3.63, 3.8) is 0 Å². The highest BCUT2D eigenvalue weighted by Crippen LogP contribution is 2.27. The minimum Gasteiger partial charge on any atom is -0.387 e. The van der Waals surface area contributed by atoms with Crippen LogP contribution < -0.4 is 5.32 Å². The summed E-state index contributed by atoms with van der Waals surface area (Å²) in [6.07, 6.45) is 5.07. The Morgan fingerprint density at radius 2 is 1.94 bits per heavy atom. The average molecular weight is 483 g/mol. The summed E-state index contributed by atoms with van der Waals surface area (Å²) >= 11 is 5.84. The fraction of sp³-hybridized carbons (Fsp3) is 0.346. The highest BCUT2D eigenvalue weighted by atomic mass is 35.5. The predicted molar refractivity (Wildman–Crippen MR) is 129 cm³/mol. The van der Waals surface area contributed by atoms with Crippen molar-refractivity contribution in [3.8, 4) is 0 Å². The molecule has 0 radical (unpaired) electrons. The maximum atomic E-state index is 13.4.